The lowest BCUT2D eigenvalue weighted by Crippen LogP contribution is -2.47. The Balaban J connectivity index is 3.16. The molecule has 0 amide bonds. The Bertz CT molecular complexity index is 67.2. The van der Waals surface area contributed by atoms with Crippen molar-refractivity contribution in [1.82, 2.24) is 5.32 Å². The van der Waals surface area contributed by atoms with Crippen LogP contribution < -0.4 is 16.8 Å². The van der Waals surface area contributed by atoms with E-state index in [0.717, 1.165) is 0 Å². The van der Waals surface area contributed by atoms with Crippen molar-refractivity contribution in [2.75, 3.05) is 13.1 Å². The van der Waals surface area contributed by atoms with Crippen LogP contribution in [0.2, 0.25) is 0 Å². The molecule has 9 heavy (non-hydrogen) atoms. The molecule has 0 aromatic rings. The highest BCUT2D eigenvalue weighted by atomic mass is 16.3. The molecular weight excluding hydrogens is 118 g/mol. The molecule has 2 unspecified atom stereocenters. The van der Waals surface area contributed by atoms with Crippen molar-refractivity contribution < 1.29 is 5.11 Å². The zero-order valence-corrected chi connectivity index (χ0v) is 5.67. The van der Waals surface area contributed by atoms with Gasteiger partial charge in [-0.25, -0.2) is 0 Å². The number of hydrogen-bond donors (Lipinski definition) is 4. The van der Waals surface area contributed by atoms with Crippen molar-refractivity contribution in [3.05, 3.63) is 0 Å². The lowest BCUT2D eigenvalue weighted by Gasteiger charge is -2.15. The molecule has 4 nitrogen and oxygen atoms in total. The predicted molar refractivity (Wildman–Crippen MR) is 36.7 cm³/mol. The number of nitrogens with one attached hydrogen (secondary N) is 1. The van der Waals surface area contributed by atoms with Gasteiger partial charge in [-0.3, -0.25) is 5.32 Å². The first kappa shape index (κ1) is 8.84. The van der Waals surface area contributed by atoms with Crippen molar-refractivity contribution >= 4 is 0 Å². The topological polar surface area (TPSA) is 84.3 Å². The van der Waals surface area contributed by atoms with Gasteiger partial charge in [0.05, 0.1) is 12.3 Å². The van der Waals surface area contributed by atoms with Crippen LogP contribution in [0, 0.1) is 0 Å². The third kappa shape index (κ3) is 4.35. The molecule has 0 fully saturated rings. The molecule has 2 atom stereocenters. The van der Waals surface area contributed by atoms with Gasteiger partial charge >= 0.3 is 0 Å². The summed E-state index contributed by atoms with van der Waals surface area (Å²) >= 11 is 0. The van der Waals surface area contributed by atoms with Crippen molar-refractivity contribution in [1.29, 1.82) is 0 Å². The summed E-state index contributed by atoms with van der Waals surface area (Å²) in [6.07, 6.45) is -0.870. The van der Waals surface area contributed by atoms with Gasteiger partial charge in [0.15, 0.2) is 0 Å². The van der Waals surface area contributed by atoms with E-state index in [1.165, 1.54) is 0 Å². The smallest absolute Gasteiger partial charge is 0.0811 e. The van der Waals surface area contributed by atoms with Crippen LogP contribution >= 0.6 is 0 Å². The number of hydrogen-bond acceptors (Lipinski definition) is 4. The van der Waals surface area contributed by atoms with E-state index in [0.29, 0.717) is 13.1 Å². The van der Waals surface area contributed by atoms with Crippen LogP contribution in [0.1, 0.15) is 6.92 Å². The van der Waals surface area contributed by atoms with Gasteiger partial charge in [0.1, 0.15) is 0 Å². The Hall–Kier alpha value is -0.160. The zero-order valence-electron chi connectivity index (χ0n) is 5.67. The van der Waals surface area contributed by atoms with E-state index in [9.17, 15) is 0 Å². The fourth-order valence-corrected chi connectivity index (χ4v) is 0.421. The maximum absolute atomic E-state index is 8.82. The Labute approximate surface area is 55.2 Å². The van der Waals surface area contributed by atoms with Crippen molar-refractivity contribution in [3.63, 3.8) is 0 Å². The molecule has 0 radical (unpaired) electrons. The molecule has 6 N–H and O–H groups in total. The highest BCUT2D eigenvalue weighted by molar-refractivity contribution is 4.63. The summed E-state index contributed by atoms with van der Waals surface area (Å²) in [4.78, 5) is 0. The van der Waals surface area contributed by atoms with Gasteiger partial charge < -0.3 is 16.6 Å². The molecule has 0 spiro atoms. The van der Waals surface area contributed by atoms with Gasteiger partial charge in [-0.2, -0.15) is 0 Å². The first-order valence-corrected chi connectivity index (χ1v) is 3.05. The van der Waals surface area contributed by atoms with Crippen LogP contribution in [0.4, 0.5) is 0 Å². The molecule has 0 saturated heterocycles. The van der Waals surface area contributed by atoms with Gasteiger partial charge in [0.2, 0.25) is 0 Å². The summed E-state index contributed by atoms with van der Waals surface area (Å²) in [5.41, 5.74) is 10.6. The number of nitrogens with two attached hydrogens (primary N) is 2. The molecular formula is C5H15N3O. The first-order chi connectivity index (χ1) is 4.18. The molecule has 0 aromatic heterocycles. The third-order valence-electron chi connectivity index (χ3n) is 1.04. The van der Waals surface area contributed by atoms with Crippen LogP contribution in [0.5, 0.6) is 0 Å². The fourth-order valence-electron chi connectivity index (χ4n) is 0.421. The first-order valence-electron chi connectivity index (χ1n) is 3.05. The van der Waals surface area contributed by atoms with Crippen molar-refractivity contribution in [2.24, 2.45) is 11.5 Å². The minimum Gasteiger partial charge on any atom is -0.390 e. The van der Waals surface area contributed by atoms with Crippen LogP contribution in [0.3, 0.4) is 0 Å². The SMILES string of the molecule is CC(O)C(N)NCCN. The van der Waals surface area contributed by atoms with Gasteiger partial charge in [-0.1, -0.05) is 0 Å². The summed E-state index contributed by atoms with van der Waals surface area (Å²) in [7, 11) is 0. The Morgan fingerprint density at radius 2 is 2.22 bits per heavy atom. The minimum absolute atomic E-state index is 0.353. The van der Waals surface area contributed by atoms with E-state index in [4.69, 9.17) is 16.6 Å². The Kier molecular flexibility index (Phi) is 4.61. The quantitative estimate of drug-likeness (QED) is 0.341. The minimum atomic E-state index is -0.517. The van der Waals surface area contributed by atoms with Crippen LogP contribution in [0.15, 0.2) is 0 Å². The molecule has 0 heterocycles. The van der Waals surface area contributed by atoms with E-state index < -0.39 is 6.10 Å². The largest absolute Gasteiger partial charge is 0.390 e. The summed E-state index contributed by atoms with van der Waals surface area (Å²) in [5.74, 6) is 0. The summed E-state index contributed by atoms with van der Waals surface area (Å²) in [6.45, 7) is 2.82. The molecule has 56 valence electrons. The zero-order chi connectivity index (χ0) is 7.28. The molecule has 0 aliphatic rings. The fraction of sp³-hybridized carbons (Fsp3) is 1.00. The molecule has 0 aromatic carbocycles. The number of rotatable bonds is 4. The average Bonchev–Trinajstić information content (AvgIpc) is 1.82. The molecule has 0 aliphatic heterocycles. The normalized spacial score (nSPS) is 17.3. The van der Waals surface area contributed by atoms with Gasteiger partial charge in [-0.05, 0) is 6.92 Å². The van der Waals surface area contributed by atoms with Gasteiger partial charge in [0.25, 0.3) is 0 Å². The average molecular weight is 133 g/mol. The molecule has 0 bridgehead atoms. The molecule has 4 heteroatoms. The maximum Gasteiger partial charge on any atom is 0.0811 e. The second-order valence-electron chi connectivity index (χ2n) is 2.01. The van der Waals surface area contributed by atoms with Crippen molar-refractivity contribution in [3.8, 4) is 0 Å². The number of aliphatic hydroxyl groups is 1. The highest BCUT2D eigenvalue weighted by Gasteiger charge is 2.05. The van der Waals surface area contributed by atoms with E-state index in [-0.39, 0.29) is 6.17 Å². The van der Waals surface area contributed by atoms with Crippen LogP contribution in [-0.2, 0) is 0 Å². The molecule has 0 saturated carbocycles. The summed E-state index contributed by atoms with van der Waals surface area (Å²) < 4.78 is 0. The second-order valence-corrected chi connectivity index (χ2v) is 2.01. The lowest BCUT2D eigenvalue weighted by atomic mass is 10.3. The lowest BCUT2D eigenvalue weighted by molar-refractivity contribution is 0.148. The maximum atomic E-state index is 8.82. The Morgan fingerprint density at radius 3 is 2.56 bits per heavy atom. The summed E-state index contributed by atoms with van der Waals surface area (Å²) in [6, 6.07) is 0. The standard InChI is InChI=1S/C5H15N3O/c1-4(9)5(7)8-3-2-6/h4-5,8-9H,2-3,6-7H2,1H3. The number of aliphatic hydroxyl groups excluding tert-OH is 1. The van der Waals surface area contributed by atoms with E-state index >= 15 is 0 Å². The van der Waals surface area contributed by atoms with Gasteiger partial charge in [-0.15, -0.1) is 0 Å². The van der Waals surface area contributed by atoms with E-state index in [1.807, 2.05) is 0 Å². The second kappa shape index (κ2) is 4.69. The highest BCUT2D eigenvalue weighted by Crippen LogP contribution is 1.80. The van der Waals surface area contributed by atoms with E-state index in [1.54, 1.807) is 6.92 Å². The third-order valence-corrected chi connectivity index (χ3v) is 1.04. The van der Waals surface area contributed by atoms with Crippen LogP contribution in [-0.4, -0.2) is 30.5 Å². The Morgan fingerprint density at radius 1 is 1.67 bits per heavy atom. The predicted octanol–water partition coefficient (Wildman–Crippen LogP) is -1.80. The van der Waals surface area contributed by atoms with Gasteiger partial charge in [0, 0.05) is 13.1 Å². The van der Waals surface area contributed by atoms with Crippen molar-refractivity contribution in [2.45, 2.75) is 19.2 Å². The molecule has 0 rings (SSSR count). The summed E-state index contributed by atoms with van der Waals surface area (Å²) in [5, 5.41) is 11.7. The molecule has 0 aliphatic carbocycles. The van der Waals surface area contributed by atoms with E-state index in [2.05, 4.69) is 5.32 Å². The monoisotopic (exact) mass is 133 g/mol. The van der Waals surface area contributed by atoms with Crippen LogP contribution in [0.25, 0.3) is 0 Å².